The lowest BCUT2D eigenvalue weighted by molar-refractivity contribution is 0.310. The molecule has 0 bridgehead atoms. The molecule has 2 aromatic carbocycles. The summed E-state index contributed by atoms with van der Waals surface area (Å²) in [6.45, 7) is 2.42. The maximum absolute atomic E-state index is 13.0. The van der Waals surface area contributed by atoms with Crippen molar-refractivity contribution in [3.63, 3.8) is 0 Å². The summed E-state index contributed by atoms with van der Waals surface area (Å²) in [5.74, 6) is 1.92. The molecule has 6 nitrogen and oxygen atoms in total. The van der Waals surface area contributed by atoms with Gasteiger partial charge in [0.05, 0.1) is 19.8 Å². The predicted molar refractivity (Wildman–Crippen MR) is 92.0 cm³/mol. The molecule has 1 aromatic heterocycles. The highest BCUT2D eigenvalue weighted by Crippen LogP contribution is 2.31. The summed E-state index contributed by atoms with van der Waals surface area (Å²) in [5, 5.41) is 7.01. The first-order valence-corrected chi connectivity index (χ1v) is 7.87. The molecule has 0 unspecified atom stereocenters. The fourth-order valence-electron chi connectivity index (χ4n) is 2.45. The number of halogens is 1. The number of methoxy groups -OCH3 is 1. The van der Waals surface area contributed by atoms with E-state index in [1.165, 1.54) is 12.1 Å². The molecule has 3 rings (SSSR count). The van der Waals surface area contributed by atoms with Crippen LogP contribution in [0.2, 0.25) is 0 Å². The summed E-state index contributed by atoms with van der Waals surface area (Å²) in [7, 11) is 1.59. The van der Waals surface area contributed by atoms with Crippen LogP contribution in [0.25, 0.3) is 11.4 Å². The molecule has 3 N–H and O–H groups in total. The van der Waals surface area contributed by atoms with Gasteiger partial charge in [0.2, 0.25) is 0 Å². The van der Waals surface area contributed by atoms with Crippen LogP contribution >= 0.6 is 0 Å². The first-order chi connectivity index (χ1) is 12.1. The topological polar surface area (TPSA) is 86.0 Å². The number of ether oxygens (including phenoxy) is 2. The molecule has 0 aliphatic carbocycles. The van der Waals surface area contributed by atoms with Gasteiger partial charge in [-0.2, -0.15) is 5.10 Å². The Morgan fingerprint density at radius 3 is 2.60 bits per heavy atom. The monoisotopic (exact) mass is 342 g/mol. The van der Waals surface area contributed by atoms with Crippen LogP contribution in [0.15, 0.2) is 42.5 Å². The van der Waals surface area contributed by atoms with E-state index in [1.807, 2.05) is 19.1 Å². The van der Waals surface area contributed by atoms with Crippen LogP contribution in [-0.2, 0) is 0 Å². The van der Waals surface area contributed by atoms with Gasteiger partial charge in [-0.1, -0.05) is 6.07 Å². The van der Waals surface area contributed by atoms with E-state index in [-0.39, 0.29) is 5.82 Å². The van der Waals surface area contributed by atoms with Gasteiger partial charge in [0, 0.05) is 5.56 Å². The molecule has 7 heteroatoms. The summed E-state index contributed by atoms with van der Waals surface area (Å²) >= 11 is 0. The van der Waals surface area contributed by atoms with Gasteiger partial charge in [-0.15, -0.1) is 0 Å². The van der Waals surface area contributed by atoms with Gasteiger partial charge >= 0.3 is 0 Å². The van der Waals surface area contributed by atoms with Gasteiger partial charge in [0.25, 0.3) is 0 Å². The van der Waals surface area contributed by atoms with Gasteiger partial charge in [0.1, 0.15) is 11.6 Å². The first kappa shape index (κ1) is 16.9. The lowest BCUT2D eigenvalue weighted by Crippen LogP contribution is -2.14. The van der Waals surface area contributed by atoms with Gasteiger partial charge in [0.15, 0.2) is 17.3 Å². The summed E-state index contributed by atoms with van der Waals surface area (Å²) < 4.78 is 23.9. The first-order valence-electron chi connectivity index (χ1n) is 7.87. The minimum atomic E-state index is -0.508. The van der Waals surface area contributed by atoms with Crippen LogP contribution in [0.5, 0.6) is 11.5 Å². The predicted octanol–water partition coefficient (Wildman–Crippen LogP) is 3.07. The molecule has 0 amide bonds. The Morgan fingerprint density at radius 2 is 1.92 bits per heavy atom. The molecular formula is C18H19FN4O2. The Bertz CT molecular complexity index is 849. The highest BCUT2D eigenvalue weighted by molar-refractivity contribution is 5.54. The number of hydrogen-bond donors (Lipinski definition) is 2. The van der Waals surface area contributed by atoms with Crippen LogP contribution in [-0.4, -0.2) is 28.9 Å². The molecule has 0 aliphatic heterocycles. The van der Waals surface area contributed by atoms with Crippen LogP contribution in [0.3, 0.4) is 0 Å². The van der Waals surface area contributed by atoms with Crippen molar-refractivity contribution in [2.45, 2.75) is 13.0 Å². The van der Waals surface area contributed by atoms with E-state index in [1.54, 1.807) is 25.3 Å². The Morgan fingerprint density at radius 1 is 1.16 bits per heavy atom. The molecule has 0 spiro atoms. The van der Waals surface area contributed by atoms with Crippen molar-refractivity contribution in [3.8, 4) is 22.9 Å². The third-order valence-electron chi connectivity index (χ3n) is 3.75. The van der Waals surface area contributed by atoms with Gasteiger partial charge in [-0.25, -0.2) is 9.37 Å². The van der Waals surface area contributed by atoms with Crippen molar-refractivity contribution in [2.75, 3.05) is 13.7 Å². The Balaban J connectivity index is 1.87. The second-order valence-corrected chi connectivity index (χ2v) is 5.37. The number of rotatable bonds is 6. The quantitative estimate of drug-likeness (QED) is 0.719. The highest BCUT2D eigenvalue weighted by Gasteiger charge is 2.17. The molecule has 25 heavy (non-hydrogen) atoms. The molecule has 0 radical (unpaired) electrons. The Labute approximate surface area is 144 Å². The largest absolute Gasteiger partial charge is 0.493 e. The highest BCUT2D eigenvalue weighted by atomic mass is 19.1. The van der Waals surface area contributed by atoms with E-state index in [9.17, 15) is 4.39 Å². The number of hydrogen-bond acceptors (Lipinski definition) is 5. The fraction of sp³-hybridized carbons (Fsp3) is 0.222. The summed E-state index contributed by atoms with van der Waals surface area (Å²) in [6, 6.07) is 10.9. The van der Waals surface area contributed by atoms with Crippen molar-refractivity contribution in [1.82, 2.24) is 15.2 Å². The summed E-state index contributed by atoms with van der Waals surface area (Å²) in [6.07, 6.45) is 0. The van der Waals surface area contributed by atoms with E-state index in [4.69, 9.17) is 15.2 Å². The van der Waals surface area contributed by atoms with Gasteiger partial charge in [-0.05, 0) is 48.9 Å². The van der Waals surface area contributed by atoms with Crippen LogP contribution < -0.4 is 15.2 Å². The minimum Gasteiger partial charge on any atom is -0.493 e. The second-order valence-electron chi connectivity index (χ2n) is 5.37. The molecule has 0 fully saturated rings. The smallest absolute Gasteiger partial charge is 0.181 e. The molecule has 0 saturated heterocycles. The number of nitrogens with zero attached hydrogens (tertiary/aromatic N) is 2. The lowest BCUT2D eigenvalue weighted by atomic mass is 10.1. The maximum atomic E-state index is 13.0. The second kappa shape index (κ2) is 7.31. The average molecular weight is 342 g/mol. The molecule has 1 atom stereocenters. The normalized spacial score (nSPS) is 12.0. The van der Waals surface area contributed by atoms with Crippen LogP contribution in [0.4, 0.5) is 4.39 Å². The minimum absolute atomic E-state index is 0.308. The number of aromatic amines is 1. The Hall–Kier alpha value is -2.93. The number of nitrogens with one attached hydrogen (secondary N) is 1. The number of H-pyrrole nitrogens is 1. The van der Waals surface area contributed by atoms with E-state index in [0.717, 1.165) is 5.56 Å². The van der Waals surface area contributed by atoms with E-state index >= 15 is 0 Å². The van der Waals surface area contributed by atoms with E-state index in [2.05, 4.69) is 15.2 Å². The van der Waals surface area contributed by atoms with Crippen LogP contribution in [0.1, 0.15) is 24.4 Å². The molecule has 0 aliphatic rings. The van der Waals surface area contributed by atoms with E-state index < -0.39 is 6.04 Å². The third kappa shape index (κ3) is 3.61. The average Bonchev–Trinajstić information content (AvgIpc) is 3.12. The zero-order valence-corrected chi connectivity index (χ0v) is 14.0. The lowest BCUT2D eigenvalue weighted by Gasteiger charge is -2.14. The van der Waals surface area contributed by atoms with Crippen LogP contribution in [0, 0.1) is 5.82 Å². The summed E-state index contributed by atoms with van der Waals surface area (Å²) in [4.78, 5) is 4.42. The van der Waals surface area contributed by atoms with Crippen molar-refractivity contribution in [1.29, 1.82) is 0 Å². The molecule has 130 valence electrons. The standard InChI is InChI=1S/C18H19FN4O2/c1-3-25-15-10-12(6-9-14(15)24-2)16(20)18-21-17(22-23-18)11-4-7-13(19)8-5-11/h4-10,16H,3,20H2,1-2H3,(H,21,22,23)/t16-/m1/s1. The number of nitrogens with two attached hydrogens (primary N) is 1. The molecule has 0 saturated carbocycles. The van der Waals surface area contributed by atoms with Crippen molar-refractivity contribution in [3.05, 3.63) is 59.7 Å². The molecule has 1 heterocycles. The molecule has 3 aromatic rings. The number of benzene rings is 2. The van der Waals surface area contributed by atoms with Gasteiger partial charge < -0.3 is 15.2 Å². The fourth-order valence-corrected chi connectivity index (χ4v) is 2.45. The summed E-state index contributed by atoms with van der Waals surface area (Å²) in [5.41, 5.74) is 7.82. The number of aromatic nitrogens is 3. The maximum Gasteiger partial charge on any atom is 0.181 e. The van der Waals surface area contributed by atoms with E-state index in [0.29, 0.717) is 35.3 Å². The Kier molecular flexibility index (Phi) is 4.95. The third-order valence-corrected chi connectivity index (χ3v) is 3.75. The van der Waals surface area contributed by atoms with Crippen molar-refractivity contribution < 1.29 is 13.9 Å². The molecular weight excluding hydrogens is 323 g/mol. The van der Waals surface area contributed by atoms with Crippen molar-refractivity contribution in [2.24, 2.45) is 5.73 Å². The van der Waals surface area contributed by atoms with Gasteiger partial charge in [-0.3, -0.25) is 5.10 Å². The SMILES string of the molecule is CCOc1cc([C@@H](N)c2nc(-c3ccc(F)cc3)n[nH]2)ccc1OC. The zero-order chi connectivity index (χ0) is 17.8. The van der Waals surface area contributed by atoms with Crippen molar-refractivity contribution >= 4 is 0 Å². The zero-order valence-electron chi connectivity index (χ0n) is 14.0.